The van der Waals surface area contributed by atoms with Crippen molar-refractivity contribution in [3.8, 4) is 0 Å². The summed E-state index contributed by atoms with van der Waals surface area (Å²) >= 11 is 5.15. The van der Waals surface area contributed by atoms with Crippen molar-refractivity contribution in [2.24, 2.45) is 0 Å². The topological polar surface area (TPSA) is 244 Å². The van der Waals surface area contributed by atoms with Crippen LogP contribution in [0, 0.1) is 0 Å². The fraction of sp³-hybridized carbons (Fsp3) is 0.476. The number of alkyl halides is 1. The fourth-order valence-corrected chi connectivity index (χ4v) is 6.76. The Morgan fingerprint density at radius 2 is 2.05 bits per heavy atom. The van der Waals surface area contributed by atoms with Crippen LogP contribution >= 0.6 is 6.72 Å². The normalized spacial score (nSPS) is 34.3. The summed E-state index contributed by atoms with van der Waals surface area (Å²) in [5.41, 5.74) is 8.86. The summed E-state index contributed by atoms with van der Waals surface area (Å²) in [7, 11) is 0. The lowest BCUT2D eigenvalue weighted by Gasteiger charge is -2.29. The number of hydrogen-bond acceptors (Lipinski definition) is 14. The Balaban J connectivity index is 1.08. The van der Waals surface area contributed by atoms with Gasteiger partial charge in [0.25, 0.3) is 5.56 Å². The number of rotatable bonds is 7. The number of nitrogen functional groups attached to an aromatic ring is 2. The molecular formula is C21H23FN9O8PS. The molecule has 17 nitrogen and oxygen atoms in total. The minimum absolute atomic E-state index is 0.0329. The molecule has 2 saturated heterocycles. The number of H-pyrrole nitrogens is 1. The highest BCUT2D eigenvalue weighted by molar-refractivity contribution is 8.07. The molecule has 8 N–H and O–H groups in total. The fourth-order valence-electron chi connectivity index (χ4n) is 5.35. The van der Waals surface area contributed by atoms with Crippen LogP contribution in [0.1, 0.15) is 18.9 Å². The Kier molecular flexibility index (Phi) is 5.99. The van der Waals surface area contributed by atoms with Gasteiger partial charge in [0, 0.05) is 12.6 Å². The molecule has 218 valence electrons. The van der Waals surface area contributed by atoms with Crippen molar-refractivity contribution in [3.05, 3.63) is 35.3 Å². The lowest BCUT2D eigenvalue weighted by Crippen LogP contribution is -2.36. The number of fused-ring (bicyclic) bond motifs is 3. The lowest BCUT2D eigenvalue weighted by atomic mass is 10.2. The van der Waals surface area contributed by atoms with E-state index in [0.29, 0.717) is 16.9 Å². The number of anilines is 2. The minimum atomic E-state index is -4.22. The lowest BCUT2D eigenvalue weighted by molar-refractivity contribution is -0.0793. The van der Waals surface area contributed by atoms with Crippen molar-refractivity contribution in [2.45, 2.75) is 55.1 Å². The van der Waals surface area contributed by atoms with Crippen LogP contribution in [0.5, 0.6) is 0 Å². The van der Waals surface area contributed by atoms with Crippen LogP contribution in [0.3, 0.4) is 0 Å². The predicted molar refractivity (Wildman–Crippen MR) is 140 cm³/mol. The first-order valence-corrected chi connectivity index (χ1v) is 14.9. The molecule has 0 spiro atoms. The first-order chi connectivity index (χ1) is 19.5. The molecule has 0 aromatic carbocycles. The molecule has 1 aliphatic carbocycles. The summed E-state index contributed by atoms with van der Waals surface area (Å²) in [6.45, 7) is -4.62. The smallest absolute Gasteiger partial charge is 0.325 e. The van der Waals surface area contributed by atoms with Gasteiger partial charge in [0.15, 0.2) is 29.2 Å². The van der Waals surface area contributed by atoms with Gasteiger partial charge >= 0.3 is 6.72 Å². The van der Waals surface area contributed by atoms with E-state index in [1.165, 1.54) is 17.2 Å². The first kappa shape index (κ1) is 26.7. The summed E-state index contributed by atoms with van der Waals surface area (Å²) in [6.07, 6.45) is -4.08. The second-order valence-electron chi connectivity index (χ2n) is 9.94. The highest BCUT2D eigenvalue weighted by Crippen LogP contribution is 2.62. The molecule has 7 rings (SSSR count). The second kappa shape index (κ2) is 9.18. The predicted octanol–water partition coefficient (Wildman–Crippen LogP) is -1.02. The molecule has 20 heteroatoms. The zero-order valence-corrected chi connectivity index (χ0v) is 22.4. The molecule has 1 saturated carbocycles. The first-order valence-electron chi connectivity index (χ1n) is 12.3. The zero-order chi connectivity index (χ0) is 28.8. The summed E-state index contributed by atoms with van der Waals surface area (Å²) in [5, 5.41) is 21.4. The number of aromatic nitrogens is 7. The average molecular weight is 612 g/mol. The monoisotopic (exact) mass is 611 g/mol. The maximum atomic E-state index is 15.7. The maximum absolute atomic E-state index is 15.7. The average Bonchev–Trinajstić information content (AvgIpc) is 3.49. The Morgan fingerprint density at radius 1 is 1.24 bits per heavy atom. The highest BCUT2D eigenvalue weighted by atomic mass is 32.5. The van der Waals surface area contributed by atoms with Gasteiger partial charge < -0.3 is 45.1 Å². The van der Waals surface area contributed by atoms with Crippen molar-refractivity contribution in [2.75, 3.05) is 18.1 Å². The third kappa shape index (κ3) is 4.16. The van der Waals surface area contributed by atoms with E-state index in [2.05, 4.69) is 24.9 Å². The third-order valence-corrected chi connectivity index (χ3v) is 9.02. The number of nitrogens with zero attached hydrogens (tertiary/aromatic N) is 6. The van der Waals surface area contributed by atoms with Crippen LogP contribution in [-0.2, 0) is 30.3 Å². The molecule has 2 aliphatic heterocycles. The van der Waals surface area contributed by atoms with Gasteiger partial charge in [-0.3, -0.25) is 18.9 Å². The van der Waals surface area contributed by atoms with Gasteiger partial charge in [-0.15, -0.1) is 0 Å². The van der Waals surface area contributed by atoms with Crippen LogP contribution < -0.4 is 17.0 Å². The second-order valence-corrected chi connectivity index (χ2v) is 12.7. The molecule has 3 fully saturated rings. The minimum Gasteiger partial charge on any atom is -0.390 e. The van der Waals surface area contributed by atoms with Crippen LogP contribution in [0.4, 0.5) is 16.2 Å². The molecule has 9 atom stereocenters. The summed E-state index contributed by atoms with van der Waals surface area (Å²) in [5.74, 6) is 0.0793. The van der Waals surface area contributed by atoms with E-state index < -0.39 is 67.5 Å². The van der Waals surface area contributed by atoms with Crippen LogP contribution in [0.25, 0.3) is 22.2 Å². The van der Waals surface area contributed by atoms with Gasteiger partial charge in [-0.25, -0.2) is 19.3 Å². The Morgan fingerprint density at radius 3 is 2.85 bits per heavy atom. The van der Waals surface area contributed by atoms with E-state index >= 15 is 4.39 Å². The highest BCUT2D eigenvalue weighted by Gasteiger charge is 2.80. The van der Waals surface area contributed by atoms with Crippen molar-refractivity contribution >= 4 is 52.5 Å². The zero-order valence-electron chi connectivity index (χ0n) is 20.7. The molecular weight excluding hydrogens is 588 g/mol. The van der Waals surface area contributed by atoms with E-state index in [-0.39, 0.29) is 23.5 Å². The molecule has 4 aromatic rings. The molecule has 41 heavy (non-hydrogen) atoms. The van der Waals surface area contributed by atoms with Gasteiger partial charge in [0.2, 0.25) is 5.95 Å². The van der Waals surface area contributed by atoms with Crippen LogP contribution in [0.2, 0.25) is 0 Å². The SMILES string of the molecule is Nc1nc2c(ncn2[C@@H]2O[C@@H]3C(O)[C@]3(F)C2OP(O)(=S)OC[C@H]2O[C@@H](n3ccc4c(N)ncnc43)C[C@@H]2O)c(=O)[nH]1. The number of nitrogens with one attached hydrogen (secondary N) is 1. The van der Waals surface area contributed by atoms with Gasteiger partial charge in [0.05, 0.1) is 24.4 Å². The van der Waals surface area contributed by atoms with Crippen molar-refractivity contribution < 1.29 is 38.0 Å². The van der Waals surface area contributed by atoms with Gasteiger partial charge in [-0.2, -0.15) is 4.98 Å². The number of aromatic amines is 1. The van der Waals surface area contributed by atoms with Gasteiger partial charge in [-0.1, -0.05) is 0 Å². The standard InChI is InChI=1S/C21H23FN9O8PS/c22-21-12(33)13(21)38-19(31-6-27-11-17(31)28-20(24)29-18(11)34)14(21)39-40(35,41)36-4-9-8(32)3-10(37-9)30-2-1-7-15(23)25-5-26-16(7)30/h1-2,5-6,8-10,12-14,19,32-33H,3-4H2,(H,35,41)(H2,23,25,26)(H3,24,28,29,34)/t8-,9+,10+,12?,13+,14?,19+,21+,40?/m0/s1. The molecule has 3 unspecified atom stereocenters. The summed E-state index contributed by atoms with van der Waals surface area (Å²) in [6, 6.07) is 1.72. The maximum Gasteiger partial charge on any atom is 0.325 e. The van der Waals surface area contributed by atoms with Crippen molar-refractivity contribution in [1.29, 1.82) is 0 Å². The van der Waals surface area contributed by atoms with Gasteiger partial charge in [-0.05, 0) is 17.9 Å². The Hall–Kier alpha value is -3.13. The molecule has 0 radical (unpaired) electrons. The summed E-state index contributed by atoms with van der Waals surface area (Å²) in [4.78, 5) is 41.6. The van der Waals surface area contributed by atoms with E-state index in [9.17, 15) is 19.9 Å². The largest absolute Gasteiger partial charge is 0.390 e. The summed E-state index contributed by atoms with van der Waals surface area (Å²) < 4.78 is 41.2. The molecule has 0 amide bonds. The molecule has 0 bridgehead atoms. The van der Waals surface area contributed by atoms with Crippen LogP contribution in [0.15, 0.2) is 29.7 Å². The Labute approximate surface area is 233 Å². The number of imidazole rings is 1. The number of nitrogens with two attached hydrogens (primary N) is 2. The molecule has 3 aliphatic rings. The number of aliphatic hydroxyl groups is 2. The molecule has 6 heterocycles. The quantitative estimate of drug-likeness (QED) is 0.137. The number of halogens is 1. The van der Waals surface area contributed by atoms with Crippen molar-refractivity contribution in [1.82, 2.24) is 34.1 Å². The van der Waals surface area contributed by atoms with E-state index in [4.69, 9.17) is 41.8 Å². The van der Waals surface area contributed by atoms with E-state index in [1.807, 2.05) is 0 Å². The van der Waals surface area contributed by atoms with Crippen molar-refractivity contribution in [3.63, 3.8) is 0 Å². The number of hydrogen-bond donors (Lipinski definition) is 6. The Bertz CT molecular complexity index is 1790. The van der Waals surface area contributed by atoms with Gasteiger partial charge in [0.1, 0.15) is 42.3 Å². The molecule has 4 aromatic heterocycles. The van der Waals surface area contributed by atoms with E-state index in [0.717, 1.165) is 0 Å². The number of ether oxygens (including phenoxy) is 2. The number of aliphatic hydroxyl groups excluding tert-OH is 2. The van der Waals surface area contributed by atoms with Crippen LogP contribution in [-0.4, -0.2) is 92.0 Å². The third-order valence-electron chi connectivity index (χ3n) is 7.48. The van der Waals surface area contributed by atoms with E-state index in [1.54, 1.807) is 16.8 Å².